The molecule has 1 saturated carbocycles. The van der Waals surface area contributed by atoms with Gasteiger partial charge in [0, 0.05) is 19.3 Å². The predicted molar refractivity (Wildman–Crippen MR) is 75.5 cm³/mol. The van der Waals surface area contributed by atoms with E-state index in [2.05, 4.69) is 30.6 Å². The van der Waals surface area contributed by atoms with Crippen LogP contribution in [-0.4, -0.2) is 22.9 Å². The molecule has 1 N–H and O–H groups in total. The van der Waals surface area contributed by atoms with Crippen LogP contribution >= 0.6 is 0 Å². The summed E-state index contributed by atoms with van der Waals surface area (Å²) in [5, 5.41) is 7.77. The third-order valence-corrected chi connectivity index (χ3v) is 4.60. The van der Waals surface area contributed by atoms with Crippen LogP contribution in [0.2, 0.25) is 0 Å². The molecule has 0 radical (unpaired) electrons. The number of nitrogens with zero attached hydrogens (tertiary/aromatic N) is 2. The molecule has 3 heteroatoms. The average Bonchev–Trinajstić information content (AvgIpc) is 2.81. The number of aromatic nitrogens is 2. The van der Waals surface area contributed by atoms with E-state index in [1.807, 2.05) is 17.9 Å². The number of aryl methyl sites for hydroxylation is 2. The van der Waals surface area contributed by atoms with Crippen molar-refractivity contribution in [3.63, 3.8) is 0 Å². The Morgan fingerprint density at radius 1 is 1.44 bits per heavy atom. The fourth-order valence-corrected chi connectivity index (χ4v) is 3.38. The lowest BCUT2D eigenvalue weighted by Crippen LogP contribution is -2.38. The molecule has 0 aromatic carbocycles. The fraction of sp³-hybridized carbons (Fsp3) is 0.800. The Morgan fingerprint density at radius 3 is 2.89 bits per heavy atom. The van der Waals surface area contributed by atoms with Gasteiger partial charge in [0.25, 0.3) is 0 Å². The highest BCUT2D eigenvalue weighted by molar-refractivity contribution is 5.04. The minimum Gasteiger partial charge on any atom is -0.317 e. The SMILES string of the molecule is CCC1CCC(NC)C(CCc2cnn(C)c2)C1. The van der Waals surface area contributed by atoms with E-state index in [0.717, 1.165) is 17.9 Å². The van der Waals surface area contributed by atoms with Crippen LogP contribution in [-0.2, 0) is 13.5 Å². The lowest BCUT2D eigenvalue weighted by molar-refractivity contribution is 0.196. The van der Waals surface area contributed by atoms with Gasteiger partial charge < -0.3 is 5.32 Å². The van der Waals surface area contributed by atoms with Gasteiger partial charge in [0.1, 0.15) is 0 Å². The van der Waals surface area contributed by atoms with Gasteiger partial charge in [-0.15, -0.1) is 0 Å². The van der Waals surface area contributed by atoms with Gasteiger partial charge in [-0.2, -0.15) is 5.10 Å². The highest BCUT2D eigenvalue weighted by Crippen LogP contribution is 2.33. The largest absolute Gasteiger partial charge is 0.317 e. The molecule has 102 valence electrons. The molecule has 0 amide bonds. The Morgan fingerprint density at radius 2 is 2.28 bits per heavy atom. The van der Waals surface area contributed by atoms with Crippen LogP contribution in [0.5, 0.6) is 0 Å². The molecule has 18 heavy (non-hydrogen) atoms. The molecule has 3 atom stereocenters. The maximum absolute atomic E-state index is 4.25. The summed E-state index contributed by atoms with van der Waals surface area (Å²) >= 11 is 0. The van der Waals surface area contributed by atoms with Crippen molar-refractivity contribution in [2.24, 2.45) is 18.9 Å². The van der Waals surface area contributed by atoms with Crippen LogP contribution in [0.25, 0.3) is 0 Å². The van der Waals surface area contributed by atoms with Gasteiger partial charge in [0.05, 0.1) is 6.20 Å². The van der Waals surface area contributed by atoms with Crippen LogP contribution in [0.3, 0.4) is 0 Å². The molecule has 3 nitrogen and oxygen atoms in total. The quantitative estimate of drug-likeness (QED) is 0.869. The van der Waals surface area contributed by atoms with Crippen LogP contribution in [0.4, 0.5) is 0 Å². The molecule has 1 heterocycles. The zero-order chi connectivity index (χ0) is 13.0. The first kappa shape index (κ1) is 13.6. The Hall–Kier alpha value is -0.830. The van der Waals surface area contributed by atoms with Crippen molar-refractivity contribution in [2.45, 2.75) is 51.5 Å². The number of nitrogens with one attached hydrogen (secondary N) is 1. The van der Waals surface area contributed by atoms with Gasteiger partial charge in [-0.25, -0.2) is 0 Å². The molecular formula is C15H27N3. The van der Waals surface area contributed by atoms with Gasteiger partial charge in [0.15, 0.2) is 0 Å². The third kappa shape index (κ3) is 3.35. The van der Waals surface area contributed by atoms with Gasteiger partial charge in [-0.1, -0.05) is 13.3 Å². The second kappa shape index (κ2) is 6.37. The van der Waals surface area contributed by atoms with Crippen molar-refractivity contribution < 1.29 is 0 Å². The first-order chi connectivity index (χ1) is 8.72. The van der Waals surface area contributed by atoms with E-state index < -0.39 is 0 Å². The molecule has 2 rings (SSSR count). The lowest BCUT2D eigenvalue weighted by atomic mass is 9.75. The van der Waals surface area contributed by atoms with E-state index in [0.29, 0.717) is 0 Å². The second-order valence-electron chi connectivity index (χ2n) is 5.80. The van der Waals surface area contributed by atoms with Crippen LogP contribution in [0.15, 0.2) is 12.4 Å². The molecule has 1 fully saturated rings. The van der Waals surface area contributed by atoms with Crippen LogP contribution < -0.4 is 5.32 Å². The molecule has 1 aliphatic carbocycles. The fourth-order valence-electron chi connectivity index (χ4n) is 3.38. The minimum atomic E-state index is 0.726. The van der Waals surface area contributed by atoms with E-state index >= 15 is 0 Å². The van der Waals surface area contributed by atoms with Crippen molar-refractivity contribution in [3.8, 4) is 0 Å². The Kier molecular flexibility index (Phi) is 4.81. The topological polar surface area (TPSA) is 29.9 Å². The summed E-state index contributed by atoms with van der Waals surface area (Å²) in [6, 6.07) is 0.726. The zero-order valence-electron chi connectivity index (χ0n) is 12.0. The molecule has 1 aromatic heterocycles. The molecule has 0 aliphatic heterocycles. The molecular weight excluding hydrogens is 222 g/mol. The minimum absolute atomic E-state index is 0.726. The average molecular weight is 249 g/mol. The van der Waals surface area contributed by atoms with Crippen molar-refractivity contribution in [1.82, 2.24) is 15.1 Å². The standard InChI is InChI=1S/C15H27N3/c1-4-12-6-8-15(16-2)14(9-12)7-5-13-10-17-18(3)11-13/h10-12,14-16H,4-9H2,1-3H3. The Balaban J connectivity index is 1.88. The predicted octanol–water partition coefficient (Wildman–Crippen LogP) is 2.77. The molecule has 0 bridgehead atoms. The van der Waals surface area contributed by atoms with E-state index in [1.54, 1.807) is 0 Å². The zero-order valence-corrected chi connectivity index (χ0v) is 12.0. The summed E-state index contributed by atoms with van der Waals surface area (Å²) in [6.07, 6.45) is 12.1. The maximum Gasteiger partial charge on any atom is 0.0521 e. The van der Waals surface area contributed by atoms with E-state index in [4.69, 9.17) is 0 Å². The summed E-state index contributed by atoms with van der Waals surface area (Å²) in [4.78, 5) is 0. The third-order valence-electron chi connectivity index (χ3n) is 4.60. The van der Waals surface area contributed by atoms with Gasteiger partial charge >= 0.3 is 0 Å². The van der Waals surface area contributed by atoms with E-state index in [-0.39, 0.29) is 0 Å². The lowest BCUT2D eigenvalue weighted by Gasteiger charge is -2.36. The highest BCUT2D eigenvalue weighted by Gasteiger charge is 2.28. The van der Waals surface area contributed by atoms with Crippen molar-refractivity contribution >= 4 is 0 Å². The Labute approximate surface area is 111 Å². The summed E-state index contributed by atoms with van der Waals surface area (Å²) in [5.41, 5.74) is 1.38. The molecule has 1 aliphatic rings. The molecule has 0 saturated heterocycles. The van der Waals surface area contributed by atoms with E-state index in [1.165, 1.54) is 44.1 Å². The van der Waals surface area contributed by atoms with Crippen molar-refractivity contribution in [1.29, 1.82) is 0 Å². The Bertz CT molecular complexity index is 358. The summed E-state index contributed by atoms with van der Waals surface area (Å²) in [6.45, 7) is 2.34. The maximum atomic E-state index is 4.25. The molecule has 3 unspecified atom stereocenters. The van der Waals surface area contributed by atoms with Crippen molar-refractivity contribution in [3.05, 3.63) is 18.0 Å². The summed E-state index contributed by atoms with van der Waals surface area (Å²) in [7, 11) is 4.11. The van der Waals surface area contributed by atoms with Crippen LogP contribution in [0, 0.1) is 11.8 Å². The first-order valence-corrected chi connectivity index (χ1v) is 7.37. The number of rotatable bonds is 5. The first-order valence-electron chi connectivity index (χ1n) is 7.37. The molecule has 1 aromatic rings. The summed E-state index contributed by atoms with van der Waals surface area (Å²) in [5.74, 6) is 1.79. The number of hydrogen-bond acceptors (Lipinski definition) is 2. The second-order valence-corrected chi connectivity index (χ2v) is 5.80. The summed E-state index contributed by atoms with van der Waals surface area (Å²) < 4.78 is 1.90. The molecule has 0 spiro atoms. The van der Waals surface area contributed by atoms with E-state index in [9.17, 15) is 0 Å². The van der Waals surface area contributed by atoms with Crippen LogP contribution in [0.1, 0.15) is 44.6 Å². The normalized spacial score (nSPS) is 28.5. The smallest absolute Gasteiger partial charge is 0.0521 e. The number of hydrogen-bond donors (Lipinski definition) is 1. The van der Waals surface area contributed by atoms with Gasteiger partial charge in [-0.3, -0.25) is 4.68 Å². The van der Waals surface area contributed by atoms with Gasteiger partial charge in [-0.05, 0) is 56.6 Å². The highest BCUT2D eigenvalue weighted by atomic mass is 15.2. The van der Waals surface area contributed by atoms with Crippen molar-refractivity contribution in [2.75, 3.05) is 7.05 Å². The monoisotopic (exact) mass is 249 g/mol. The van der Waals surface area contributed by atoms with Gasteiger partial charge in [0.2, 0.25) is 0 Å².